The Morgan fingerprint density at radius 2 is 1.77 bits per heavy atom. The number of ether oxygens (including phenoxy) is 2. The fourth-order valence-corrected chi connectivity index (χ4v) is 4.13. The van der Waals surface area contributed by atoms with Gasteiger partial charge in [0.05, 0.1) is 6.61 Å². The van der Waals surface area contributed by atoms with Crippen LogP contribution in [0.25, 0.3) is 0 Å². The van der Waals surface area contributed by atoms with Crippen molar-refractivity contribution < 1.29 is 24.2 Å². The van der Waals surface area contributed by atoms with Gasteiger partial charge in [-0.25, -0.2) is 4.79 Å². The molecule has 8 nitrogen and oxygen atoms in total. The van der Waals surface area contributed by atoms with Crippen molar-refractivity contribution >= 4 is 12.0 Å². The lowest BCUT2D eigenvalue weighted by atomic mass is 9.72. The van der Waals surface area contributed by atoms with Gasteiger partial charge in [-0.05, 0) is 46.1 Å². The molecule has 3 rings (SSSR count). The number of hydrogen-bond acceptors (Lipinski definition) is 6. The highest BCUT2D eigenvalue weighted by Gasteiger charge is 2.48. The van der Waals surface area contributed by atoms with Gasteiger partial charge in [0.25, 0.3) is 0 Å². The SMILES string of the molecule is C[C@@H](NC(=O)OC(C)(C)C)C(=O)N1CC2(CCN(C(O)OCc3ccccc3)CC2)C1. The second-order valence-corrected chi connectivity index (χ2v) is 9.72. The maximum Gasteiger partial charge on any atom is 0.408 e. The first-order valence-corrected chi connectivity index (χ1v) is 10.9. The zero-order valence-corrected chi connectivity index (χ0v) is 19.0. The molecule has 0 bridgehead atoms. The smallest absolute Gasteiger partial charge is 0.408 e. The zero-order valence-electron chi connectivity index (χ0n) is 19.0. The highest BCUT2D eigenvalue weighted by molar-refractivity contribution is 5.86. The molecule has 1 aromatic rings. The van der Waals surface area contributed by atoms with Crippen LogP contribution in [0.1, 0.15) is 46.1 Å². The van der Waals surface area contributed by atoms with Crippen molar-refractivity contribution in [1.29, 1.82) is 0 Å². The van der Waals surface area contributed by atoms with Crippen molar-refractivity contribution in [1.82, 2.24) is 15.1 Å². The van der Waals surface area contributed by atoms with Crippen molar-refractivity contribution in [3.05, 3.63) is 35.9 Å². The Kier molecular flexibility index (Phi) is 7.24. The standard InChI is InChI=1S/C23H35N3O5/c1-17(24-20(28)31-22(2,3)4)19(27)26-15-23(16-26)10-12-25(13-11-23)21(29)30-14-18-8-6-5-7-9-18/h5-9,17,21,29H,10-16H2,1-4H3,(H,24,28)/t17-,21?/m1/s1. The van der Waals surface area contributed by atoms with Crippen LogP contribution in [-0.4, -0.2) is 71.1 Å². The molecule has 0 radical (unpaired) electrons. The van der Waals surface area contributed by atoms with Crippen LogP contribution in [0.4, 0.5) is 4.79 Å². The van der Waals surface area contributed by atoms with Crippen LogP contribution in [0, 0.1) is 5.41 Å². The van der Waals surface area contributed by atoms with Crippen molar-refractivity contribution in [3.8, 4) is 0 Å². The van der Waals surface area contributed by atoms with Crippen molar-refractivity contribution in [2.45, 2.75) is 65.2 Å². The number of aliphatic hydroxyl groups excluding tert-OH is 1. The first kappa shape index (κ1) is 23.5. The summed E-state index contributed by atoms with van der Waals surface area (Å²) in [5.41, 5.74) is 0.519. The fraction of sp³-hybridized carbons (Fsp3) is 0.652. The molecule has 0 aliphatic carbocycles. The first-order valence-electron chi connectivity index (χ1n) is 10.9. The second-order valence-electron chi connectivity index (χ2n) is 9.72. The van der Waals surface area contributed by atoms with E-state index in [1.54, 1.807) is 32.6 Å². The number of benzene rings is 1. The van der Waals surface area contributed by atoms with E-state index in [1.807, 2.05) is 35.2 Å². The average Bonchev–Trinajstić information content (AvgIpc) is 2.69. The van der Waals surface area contributed by atoms with Gasteiger partial charge in [-0.15, -0.1) is 0 Å². The number of amides is 2. The molecule has 2 fully saturated rings. The van der Waals surface area contributed by atoms with E-state index in [9.17, 15) is 14.7 Å². The summed E-state index contributed by atoms with van der Waals surface area (Å²) < 4.78 is 10.8. The molecular formula is C23H35N3O5. The normalized spacial score (nSPS) is 20.6. The Morgan fingerprint density at radius 3 is 2.35 bits per heavy atom. The summed E-state index contributed by atoms with van der Waals surface area (Å²) in [5.74, 6) is -0.0925. The maximum absolute atomic E-state index is 12.6. The van der Waals surface area contributed by atoms with Crippen molar-refractivity contribution in [2.24, 2.45) is 5.41 Å². The number of piperidine rings is 1. The van der Waals surface area contributed by atoms with E-state index in [1.165, 1.54) is 0 Å². The number of rotatable bonds is 6. The monoisotopic (exact) mass is 433 g/mol. The molecule has 0 aromatic heterocycles. The summed E-state index contributed by atoms with van der Waals surface area (Å²) in [6, 6.07) is 9.16. The van der Waals surface area contributed by atoms with Gasteiger partial charge in [-0.1, -0.05) is 30.3 Å². The van der Waals surface area contributed by atoms with E-state index < -0.39 is 24.2 Å². The lowest BCUT2D eigenvalue weighted by molar-refractivity contribution is -0.215. The largest absolute Gasteiger partial charge is 0.444 e. The third kappa shape index (κ3) is 6.41. The van der Waals surface area contributed by atoms with E-state index in [0.717, 1.165) is 31.5 Å². The molecule has 8 heteroatoms. The van der Waals surface area contributed by atoms with Crippen LogP contribution in [-0.2, 0) is 20.9 Å². The van der Waals surface area contributed by atoms with Crippen LogP contribution in [0.15, 0.2) is 30.3 Å². The molecule has 1 spiro atoms. The van der Waals surface area contributed by atoms with Gasteiger partial charge >= 0.3 is 6.09 Å². The molecule has 2 saturated heterocycles. The molecule has 2 aliphatic heterocycles. The lowest BCUT2D eigenvalue weighted by Crippen LogP contribution is -2.65. The molecular weight excluding hydrogens is 398 g/mol. The summed E-state index contributed by atoms with van der Waals surface area (Å²) in [6.07, 6.45) is 0.294. The van der Waals surface area contributed by atoms with Crippen LogP contribution in [0.3, 0.4) is 0 Å². The van der Waals surface area contributed by atoms with Crippen LogP contribution in [0.2, 0.25) is 0 Å². The molecule has 2 atom stereocenters. The molecule has 2 aliphatic rings. The predicted octanol–water partition coefficient (Wildman–Crippen LogP) is 2.32. The summed E-state index contributed by atoms with van der Waals surface area (Å²) in [4.78, 5) is 28.3. The fourth-order valence-electron chi connectivity index (χ4n) is 4.13. The van der Waals surface area contributed by atoms with Gasteiger partial charge < -0.3 is 24.8 Å². The van der Waals surface area contributed by atoms with E-state index in [2.05, 4.69) is 5.32 Å². The van der Waals surface area contributed by atoms with Crippen LogP contribution < -0.4 is 5.32 Å². The van der Waals surface area contributed by atoms with Gasteiger partial charge in [0.2, 0.25) is 12.3 Å². The average molecular weight is 434 g/mol. The number of likely N-dealkylation sites (tertiary alicyclic amines) is 2. The maximum atomic E-state index is 12.6. The molecule has 2 N–H and O–H groups in total. The molecule has 0 saturated carbocycles. The van der Waals surface area contributed by atoms with Crippen LogP contribution >= 0.6 is 0 Å². The Balaban J connectivity index is 1.38. The van der Waals surface area contributed by atoms with Gasteiger partial charge in [-0.3, -0.25) is 9.69 Å². The minimum atomic E-state index is -0.923. The third-order valence-electron chi connectivity index (χ3n) is 5.88. The van der Waals surface area contributed by atoms with E-state index >= 15 is 0 Å². The van der Waals surface area contributed by atoms with Gasteiger partial charge in [0, 0.05) is 31.6 Å². The number of carbonyl (C=O) groups excluding carboxylic acids is 2. The molecule has 1 aromatic carbocycles. The van der Waals surface area contributed by atoms with Crippen molar-refractivity contribution in [3.63, 3.8) is 0 Å². The Hall–Kier alpha value is -2.16. The number of nitrogens with one attached hydrogen (secondary N) is 1. The molecule has 2 heterocycles. The summed E-state index contributed by atoms with van der Waals surface area (Å²) in [6.45, 7) is 10.2. The van der Waals surface area contributed by atoms with E-state index in [4.69, 9.17) is 9.47 Å². The Labute approximate surface area is 184 Å². The number of nitrogens with zero attached hydrogens (tertiary/aromatic N) is 2. The number of alkyl carbamates (subject to hydrolysis) is 1. The van der Waals surface area contributed by atoms with E-state index in [-0.39, 0.29) is 11.3 Å². The summed E-state index contributed by atoms with van der Waals surface area (Å²) in [5, 5.41) is 13.0. The Bertz CT molecular complexity index is 748. The molecule has 1 unspecified atom stereocenters. The molecule has 172 valence electrons. The van der Waals surface area contributed by atoms with Gasteiger partial charge in [-0.2, -0.15) is 0 Å². The third-order valence-corrected chi connectivity index (χ3v) is 5.88. The number of carbonyl (C=O) groups is 2. The minimum absolute atomic E-state index is 0.0925. The van der Waals surface area contributed by atoms with Crippen molar-refractivity contribution in [2.75, 3.05) is 26.2 Å². The van der Waals surface area contributed by atoms with Gasteiger partial charge in [0.15, 0.2) is 0 Å². The molecule has 31 heavy (non-hydrogen) atoms. The van der Waals surface area contributed by atoms with Gasteiger partial charge in [0.1, 0.15) is 11.6 Å². The number of aliphatic hydroxyl groups is 1. The lowest BCUT2D eigenvalue weighted by Gasteiger charge is -2.54. The highest BCUT2D eigenvalue weighted by Crippen LogP contribution is 2.41. The van der Waals surface area contributed by atoms with Crippen LogP contribution in [0.5, 0.6) is 0 Å². The predicted molar refractivity (Wildman–Crippen MR) is 116 cm³/mol. The summed E-state index contributed by atoms with van der Waals surface area (Å²) in [7, 11) is 0. The first-order chi connectivity index (χ1) is 14.6. The summed E-state index contributed by atoms with van der Waals surface area (Å²) >= 11 is 0. The van der Waals surface area contributed by atoms with E-state index in [0.29, 0.717) is 19.7 Å². The second kappa shape index (κ2) is 9.54. The number of hydrogen-bond donors (Lipinski definition) is 2. The Morgan fingerprint density at radius 1 is 1.16 bits per heavy atom. The topological polar surface area (TPSA) is 91.3 Å². The quantitative estimate of drug-likeness (QED) is 0.669. The highest BCUT2D eigenvalue weighted by atomic mass is 16.6. The minimum Gasteiger partial charge on any atom is -0.444 e. The molecule has 2 amide bonds. The zero-order chi connectivity index (χ0) is 22.6.